The Balaban J connectivity index is 1.31. The number of allylic oxidation sites excluding steroid dienone is 1. The van der Waals surface area contributed by atoms with E-state index in [1.165, 1.54) is 63.9 Å². The highest BCUT2D eigenvalue weighted by atomic mass is 32.1. The number of nitriles is 1. The van der Waals surface area contributed by atoms with E-state index in [0.29, 0.717) is 33.4 Å². The third-order valence-electron chi connectivity index (χ3n) is 7.01. The summed E-state index contributed by atoms with van der Waals surface area (Å²) >= 11 is 1.41. The predicted molar refractivity (Wildman–Crippen MR) is 169 cm³/mol. The summed E-state index contributed by atoms with van der Waals surface area (Å²) in [6.45, 7) is 8.37. The van der Waals surface area contributed by atoms with Crippen molar-refractivity contribution in [2.75, 3.05) is 0 Å². The number of halogens is 3. The molecule has 0 aliphatic heterocycles. The number of benzene rings is 3. The summed E-state index contributed by atoms with van der Waals surface area (Å²) in [7, 11) is 0. The minimum absolute atomic E-state index is 0.275. The number of aromatic nitrogens is 4. The lowest BCUT2D eigenvalue weighted by Crippen LogP contribution is -2.27. The lowest BCUT2D eigenvalue weighted by atomic mass is 9.96. The molecule has 2 aromatic heterocycles. The number of aryl methyl sites for hydroxylation is 2. The van der Waals surface area contributed by atoms with E-state index >= 15 is 0 Å². The summed E-state index contributed by atoms with van der Waals surface area (Å²) in [5, 5.41) is 29.7. The molecule has 236 valence electrons. The van der Waals surface area contributed by atoms with Crippen molar-refractivity contribution in [1.29, 1.82) is 5.26 Å². The van der Waals surface area contributed by atoms with E-state index in [1.807, 2.05) is 29.0 Å². The number of alkyl halides is 3. The Labute approximate surface area is 267 Å². The molecule has 9 nitrogen and oxygen atoms in total. The number of thiazole rings is 1. The van der Waals surface area contributed by atoms with Crippen LogP contribution in [0.15, 0.2) is 89.6 Å². The third-order valence-corrected chi connectivity index (χ3v) is 7.97. The fraction of sp³-hybridized carbons (Fsp3) is 0.212. The van der Waals surface area contributed by atoms with Crippen LogP contribution in [0.5, 0.6) is 5.75 Å². The normalized spacial score (nSPS) is 13.1. The molecule has 0 aliphatic rings. The first kappa shape index (κ1) is 32.2. The van der Waals surface area contributed by atoms with Gasteiger partial charge < -0.3 is 15.2 Å². The Morgan fingerprint density at radius 2 is 1.80 bits per heavy atom. The smallest absolute Gasteiger partial charge is 0.406 e. The van der Waals surface area contributed by atoms with Crippen LogP contribution < -0.4 is 14.9 Å². The molecular formula is C33H30F3N7O2S. The summed E-state index contributed by atoms with van der Waals surface area (Å²) in [6.07, 6.45) is -3.22. The van der Waals surface area contributed by atoms with Crippen molar-refractivity contribution < 1.29 is 23.0 Å². The number of nitrogens with one attached hydrogen (secondary N) is 1. The molecule has 0 aliphatic carbocycles. The van der Waals surface area contributed by atoms with E-state index in [0.717, 1.165) is 11.4 Å². The van der Waals surface area contributed by atoms with Gasteiger partial charge in [0.1, 0.15) is 18.1 Å². The molecule has 1 unspecified atom stereocenters. The molecule has 0 bridgehead atoms. The highest BCUT2D eigenvalue weighted by Gasteiger charge is 2.31. The van der Waals surface area contributed by atoms with Crippen LogP contribution in [-0.2, 0) is 0 Å². The van der Waals surface area contributed by atoms with Gasteiger partial charge in [-0.1, -0.05) is 50.2 Å². The molecule has 3 aromatic carbocycles. The second-order valence-electron chi connectivity index (χ2n) is 10.6. The van der Waals surface area contributed by atoms with Crippen LogP contribution in [0, 0.1) is 25.2 Å². The SMILES string of the molecule is Cc1cccc(-n2c(C)csc2=NC(O)N/C=C(\C#N)c2ccc(-c3ncn(-c4ccc(OC(F)(F)F)cc4)n3)cc2)c1C(C)C. The number of ether oxygens (including phenoxy) is 1. The van der Waals surface area contributed by atoms with Crippen LogP contribution in [0.4, 0.5) is 13.2 Å². The van der Waals surface area contributed by atoms with E-state index in [-0.39, 0.29) is 11.3 Å². The summed E-state index contributed by atoms with van der Waals surface area (Å²) < 4.78 is 44.7. The topological polar surface area (TPSA) is 113 Å². The van der Waals surface area contributed by atoms with Crippen LogP contribution in [0.25, 0.3) is 28.3 Å². The first-order chi connectivity index (χ1) is 21.9. The van der Waals surface area contributed by atoms with Crippen LogP contribution >= 0.6 is 11.3 Å². The van der Waals surface area contributed by atoms with Gasteiger partial charge in [-0.15, -0.1) is 29.6 Å². The molecule has 0 fully saturated rings. The number of hydrogen-bond donors (Lipinski definition) is 2. The molecule has 1 atom stereocenters. The maximum absolute atomic E-state index is 12.4. The van der Waals surface area contributed by atoms with Gasteiger partial charge in [-0.05, 0) is 66.8 Å². The van der Waals surface area contributed by atoms with Gasteiger partial charge in [0.2, 0.25) is 6.35 Å². The number of aliphatic hydroxyl groups excluding tert-OH is 1. The molecule has 0 amide bonds. The maximum Gasteiger partial charge on any atom is 0.573 e. The Hall–Kier alpha value is -5.19. The largest absolute Gasteiger partial charge is 0.573 e. The highest BCUT2D eigenvalue weighted by molar-refractivity contribution is 7.07. The lowest BCUT2D eigenvalue weighted by Gasteiger charge is -2.18. The Kier molecular flexibility index (Phi) is 9.41. The van der Waals surface area contributed by atoms with E-state index in [2.05, 4.69) is 58.0 Å². The zero-order valence-corrected chi connectivity index (χ0v) is 26.1. The fourth-order valence-corrected chi connectivity index (χ4v) is 5.88. The van der Waals surface area contributed by atoms with Gasteiger partial charge >= 0.3 is 6.36 Å². The Bertz CT molecular complexity index is 1970. The molecule has 0 spiro atoms. The Morgan fingerprint density at radius 3 is 2.46 bits per heavy atom. The molecule has 2 heterocycles. The Morgan fingerprint density at radius 1 is 1.09 bits per heavy atom. The number of nitrogens with zero attached hydrogens (tertiary/aromatic N) is 6. The fourth-order valence-electron chi connectivity index (χ4n) is 4.99. The van der Waals surface area contributed by atoms with E-state index in [9.17, 15) is 23.5 Å². The first-order valence-corrected chi connectivity index (χ1v) is 15.1. The zero-order chi connectivity index (χ0) is 33.0. The second-order valence-corrected chi connectivity index (χ2v) is 11.5. The van der Waals surface area contributed by atoms with Crippen LogP contribution in [0.1, 0.15) is 42.1 Å². The van der Waals surface area contributed by atoms with Crippen molar-refractivity contribution in [2.24, 2.45) is 4.99 Å². The van der Waals surface area contributed by atoms with Crippen LogP contribution in [-0.4, -0.2) is 37.2 Å². The van der Waals surface area contributed by atoms with Crippen molar-refractivity contribution >= 4 is 16.9 Å². The minimum atomic E-state index is -4.77. The van der Waals surface area contributed by atoms with Crippen molar-refractivity contribution in [3.8, 4) is 34.6 Å². The second kappa shape index (κ2) is 13.4. The molecule has 13 heteroatoms. The monoisotopic (exact) mass is 645 g/mol. The van der Waals surface area contributed by atoms with Crippen LogP contribution in [0.2, 0.25) is 0 Å². The quantitative estimate of drug-likeness (QED) is 0.135. The third kappa shape index (κ3) is 7.36. The summed E-state index contributed by atoms with van der Waals surface area (Å²) in [4.78, 5) is 9.39. The van der Waals surface area contributed by atoms with Gasteiger partial charge in [-0.2, -0.15) is 5.26 Å². The summed E-state index contributed by atoms with van der Waals surface area (Å²) in [5.74, 6) is 0.336. The zero-order valence-electron chi connectivity index (χ0n) is 25.3. The van der Waals surface area contributed by atoms with Gasteiger partial charge in [0.05, 0.1) is 16.9 Å². The highest BCUT2D eigenvalue weighted by Crippen LogP contribution is 2.28. The van der Waals surface area contributed by atoms with Gasteiger partial charge in [0.15, 0.2) is 10.6 Å². The molecule has 46 heavy (non-hydrogen) atoms. The summed E-state index contributed by atoms with van der Waals surface area (Å²) in [5.41, 5.74) is 6.42. The summed E-state index contributed by atoms with van der Waals surface area (Å²) in [6, 6.07) is 20.5. The first-order valence-electron chi connectivity index (χ1n) is 14.2. The minimum Gasteiger partial charge on any atom is -0.406 e. The van der Waals surface area contributed by atoms with Gasteiger partial charge in [-0.25, -0.2) is 14.7 Å². The molecule has 5 rings (SSSR count). The number of rotatable bonds is 9. The average molecular weight is 646 g/mol. The molecule has 5 aromatic rings. The van der Waals surface area contributed by atoms with Crippen molar-refractivity contribution in [3.63, 3.8) is 0 Å². The molecule has 2 N–H and O–H groups in total. The maximum atomic E-state index is 12.4. The number of aliphatic hydroxyl groups is 1. The molecule has 0 radical (unpaired) electrons. The molecular weight excluding hydrogens is 615 g/mol. The average Bonchev–Trinajstić information content (AvgIpc) is 3.64. The lowest BCUT2D eigenvalue weighted by molar-refractivity contribution is -0.274. The van der Waals surface area contributed by atoms with Crippen molar-refractivity contribution in [3.05, 3.63) is 112 Å². The van der Waals surface area contributed by atoms with Gasteiger partial charge in [0.25, 0.3) is 0 Å². The van der Waals surface area contributed by atoms with Gasteiger partial charge in [-0.3, -0.25) is 4.57 Å². The number of hydrogen-bond acceptors (Lipinski definition) is 8. The van der Waals surface area contributed by atoms with E-state index in [1.54, 1.807) is 24.3 Å². The van der Waals surface area contributed by atoms with E-state index in [4.69, 9.17) is 0 Å². The predicted octanol–water partition coefficient (Wildman–Crippen LogP) is 6.76. The van der Waals surface area contributed by atoms with Crippen molar-refractivity contribution in [1.82, 2.24) is 24.6 Å². The molecule has 0 saturated carbocycles. The van der Waals surface area contributed by atoms with E-state index < -0.39 is 12.7 Å². The molecule has 0 saturated heterocycles. The van der Waals surface area contributed by atoms with Crippen LogP contribution in [0.3, 0.4) is 0 Å². The van der Waals surface area contributed by atoms with Gasteiger partial charge in [0, 0.05) is 22.8 Å². The standard InChI is InChI=1S/C33H30F3N7O2S/c1-20(2)29-21(3)6-5-7-28(29)43-22(4)18-46-32(43)40-31(44)38-17-25(16-37)23-8-10-24(11-9-23)30-39-19-42(41-30)26-12-14-27(15-13-26)45-33(34,35)36/h5-15,17-20,31,38,44H,1-4H3/b25-17+,40-32?. The van der Waals surface area contributed by atoms with Crippen molar-refractivity contribution in [2.45, 2.75) is 46.3 Å².